The van der Waals surface area contributed by atoms with Gasteiger partial charge in [-0.15, -0.1) is 0 Å². The molecule has 0 unspecified atom stereocenters. The Balaban J connectivity index is 1.52. The molecule has 0 radical (unpaired) electrons. The molecule has 0 spiro atoms. The second-order valence-electron chi connectivity index (χ2n) is 8.19. The lowest BCUT2D eigenvalue weighted by molar-refractivity contribution is 0.0787. The molecule has 5 aromatic rings. The number of fused-ring (bicyclic) bond motifs is 1. The van der Waals surface area contributed by atoms with Gasteiger partial charge in [-0.25, -0.2) is 14.2 Å². The summed E-state index contributed by atoms with van der Waals surface area (Å²) in [5, 5.41) is 9.14. The highest BCUT2D eigenvalue weighted by atomic mass is 16.2. The Morgan fingerprint density at radius 2 is 1.85 bits per heavy atom. The van der Waals surface area contributed by atoms with Gasteiger partial charge in [0, 0.05) is 43.3 Å². The average Bonchev–Trinajstić information content (AvgIpc) is 3.45. The fraction of sp³-hybridized carbons (Fsp3) is 0.154. The van der Waals surface area contributed by atoms with Crippen LogP contribution in [0.3, 0.4) is 0 Å². The number of nitrogens with zero attached hydrogens (tertiary/aromatic N) is 6. The molecule has 0 aliphatic carbocycles. The Hall–Kier alpha value is -4.26. The third-order valence-electron chi connectivity index (χ3n) is 5.86. The molecule has 1 amide bonds. The molecule has 3 heterocycles. The standard InChI is InChI=1S/C26H24N6O/c1-18-10-11-20(14-19(18)2)24-21(17-32(29-24)22-8-5-4-6-9-22)16-30(3)26(33)23-15-28-31-13-7-12-27-25(23)31/h4-15,17H,16H2,1-3H3. The summed E-state index contributed by atoms with van der Waals surface area (Å²) < 4.78 is 3.48. The van der Waals surface area contributed by atoms with Gasteiger partial charge >= 0.3 is 0 Å². The van der Waals surface area contributed by atoms with Crippen LogP contribution in [0.5, 0.6) is 0 Å². The van der Waals surface area contributed by atoms with Crippen LogP contribution in [0.15, 0.2) is 79.4 Å². The molecule has 3 aromatic heterocycles. The van der Waals surface area contributed by atoms with Crippen LogP contribution in [0, 0.1) is 13.8 Å². The summed E-state index contributed by atoms with van der Waals surface area (Å²) in [5.41, 5.74) is 7.27. The summed E-state index contributed by atoms with van der Waals surface area (Å²) >= 11 is 0. The van der Waals surface area contributed by atoms with Gasteiger partial charge in [0.1, 0.15) is 5.56 Å². The lowest BCUT2D eigenvalue weighted by Crippen LogP contribution is -2.26. The van der Waals surface area contributed by atoms with E-state index in [0.717, 1.165) is 22.5 Å². The molecule has 7 heteroatoms. The van der Waals surface area contributed by atoms with E-state index in [9.17, 15) is 4.79 Å². The third kappa shape index (κ3) is 3.89. The van der Waals surface area contributed by atoms with E-state index >= 15 is 0 Å². The Morgan fingerprint density at radius 3 is 2.64 bits per heavy atom. The highest BCUT2D eigenvalue weighted by Crippen LogP contribution is 2.27. The highest BCUT2D eigenvalue weighted by molar-refractivity contribution is 5.99. The second kappa shape index (κ2) is 8.35. The van der Waals surface area contributed by atoms with Crippen molar-refractivity contribution in [3.8, 4) is 16.9 Å². The summed E-state index contributed by atoms with van der Waals surface area (Å²) in [6.45, 7) is 4.60. The normalized spacial score (nSPS) is 11.1. The average molecular weight is 437 g/mol. The van der Waals surface area contributed by atoms with Crippen molar-refractivity contribution in [1.29, 1.82) is 0 Å². The van der Waals surface area contributed by atoms with E-state index in [1.54, 1.807) is 41.1 Å². The number of aryl methyl sites for hydroxylation is 2. The van der Waals surface area contributed by atoms with Gasteiger partial charge in [0.25, 0.3) is 5.91 Å². The van der Waals surface area contributed by atoms with E-state index < -0.39 is 0 Å². The van der Waals surface area contributed by atoms with Crippen LogP contribution in [-0.4, -0.2) is 42.2 Å². The van der Waals surface area contributed by atoms with E-state index in [1.165, 1.54) is 11.1 Å². The lowest BCUT2D eigenvalue weighted by Gasteiger charge is -2.16. The Kier molecular flexibility index (Phi) is 5.22. The van der Waals surface area contributed by atoms with Crippen LogP contribution < -0.4 is 0 Å². The maximum atomic E-state index is 13.3. The maximum absolute atomic E-state index is 13.3. The van der Waals surface area contributed by atoms with E-state index in [1.807, 2.05) is 41.2 Å². The lowest BCUT2D eigenvalue weighted by atomic mass is 10.0. The molecule has 0 saturated heterocycles. The summed E-state index contributed by atoms with van der Waals surface area (Å²) in [7, 11) is 1.79. The van der Waals surface area contributed by atoms with Crippen molar-refractivity contribution < 1.29 is 4.79 Å². The van der Waals surface area contributed by atoms with E-state index in [4.69, 9.17) is 5.10 Å². The summed E-state index contributed by atoms with van der Waals surface area (Å²) in [4.78, 5) is 19.3. The van der Waals surface area contributed by atoms with Crippen molar-refractivity contribution in [2.75, 3.05) is 7.05 Å². The number of carbonyl (C=O) groups is 1. The minimum absolute atomic E-state index is 0.137. The molecule has 2 aromatic carbocycles. The molecule has 0 atom stereocenters. The fourth-order valence-electron chi connectivity index (χ4n) is 3.88. The molecule has 5 rings (SSSR count). The SMILES string of the molecule is Cc1ccc(-c2nn(-c3ccccc3)cc2CN(C)C(=O)c2cnn3cccnc23)cc1C. The predicted molar refractivity (Wildman–Crippen MR) is 127 cm³/mol. The van der Waals surface area contributed by atoms with Gasteiger partial charge in [0.15, 0.2) is 5.65 Å². The largest absolute Gasteiger partial charge is 0.337 e. The summed E-state index contributed by atoms with van der Waals surface area (Å²) in [6, 6.07) is 18.1. The van der Waals surface area contributed by atoms with Crippen LogP contribution >= 0.6 is 0 Å². The molecular formula is C26H24N6O. The number of amides is 1. The molecule has 0 aliphatic heterocycles. The molecule has 0 aliphatic rings. The minimum atomic E-state index is -0.137. The van der Waals surface area contributed by atoms with Gasteiger partial charge in [0.05, 0.1) is 17.6 Å². The molecule has 0 bridgehead atoms. The first-order chi connectivity index (χ1) is 16.0. The van der Waals surface area contributed by atoms with Crippen molar-refractivity contribution in [3.63, 3.8) is 0 Å². The molecule has 0 N–H and O–H groups in total. The van der Waals surface area contributed by atoms with Gasteiger partial charge in [-0.2, -0.15) is 10.2 Å². The zero-order valence-electron chi connectivity index (χ0n) is 18.8. The van der Waals surface area contributed by atoms with Crippen molar-refractivity contribution in [2.24, 2.45) is 0 Å². The molecular weight excluding hydrogens is 412 g/mol. The maximum Gasteiger partial charge on any atom is 0.259 e. The van der Waals surface area contributed by atoms with E-state index in [-0.39, 0.29) is 5.91 Å². The molecule has 0 saturated carbocycles. The number of carbonyl (C=O) groups excluding carboxylic acids is 1. The Bertz CT molecular complexity index is 1450. The van der Waals surface area contributed by atoms with Crippen molar-refractivity contribution in [2.45, 2.75) is 20.4 Å². The van der Waals surface area contributed by atoms with Crippen molar-refractivity contribution >= 4 is 11.6 Å². The van der Waals surface area contributed by atoms with Crippen molar-refractivity contribution in [1.82, 2.24) is 29.3 Å². The van der Waals surface area contributed by atoms with Crippen LogP contribution in [0.25, 0.3) is 22.6 Å². The first-order valence-corrected chi connectivity index (χ1v) is 10.8. The summed E-state index contributed by atoms with van der Waals surface area (Å²) in [6.07, 6.45) is 7.01. The van der Waals surface area contributed by atoms with Crippen LogP contribution in [0.2, 0.25) is 0 Å². The van der Waals surface area contributed by atoms with Gasteiger partial charge in [0.2, 0.25) is 0 Å². The topological polar surface area (TPSA) is 68.3 Å². The molecule has 164 valence electrons. The quantitative estimate of drug-likeness (QED) is 0.408. The first kappa shape index (κ1) is 20.6. The monoisotopic (exact) mass is 436 g/mol. The number of para-hydroxylation sites is 1. The Labute approximate surface area is 191 Å². The van der Waals surface area contributed by atoms with Crippen LogP contribution in [0.1, 0.15) is 27.0 Å². The van der Waals surface area contributed by atoms with E-state index in [2.05, 4.69) is 42.1 Å². The minimum Gasteiger partial charge on any atom is -0.337 e. The van der Waals surface area contributed by atoms with Gasteiger partial charge in [-0.05, 0) is 49.2 Å². The van der Waals surface area contributed by atoms with E-state index in [0.29, 0.717) is 17.8 Å². The number of aromatic nitrogens is 5. The fourth-order valence-corrected chi connectivity index (χ4v) is 3.88. The Morgan fingerprint density at radius 1 is 1.03 bits per heavy atom. The molecule has 0 fully saturated rings. The number of rotatable bonds is 5. The number of hydrogen-bond acceptors (Lipinski definition) is 4. The zero-order chi connectivity index (χ0) is 22.9. The van der Waals surface area contributed by atoms with Gasteiger partial charge in [-0.1, -0.05) is 30.3 Å². The van der Waals surface area contributed by atoms with Crippen molar-refractivity contribution in [3.05, 3.63) is 102 Å². The molecule has 33 heavy (non-hydrogen) atoms. The first-order valence-electron chi connectivity index (χ1n) is 10.8. The number of benzene rings is 2. The highest BCUT2D eigenvalue weighted by Gasteiger charge is 2.21. The molecule has 7 nitrogen and oxygen atoms in total. The van der Waals surface area contributed by atoms with Crippen LogP contribution in [-0.2, 0) is 6.54 Å². The van der Waals surface area contributed by atoms with Gasteiger partial charge in [-0.3, -0.25) is 4.79 Å². The zero-order valence-corrected chi connectivity index (χ0v) is 18.8. The number of hydrogen-bond donors (Lipinski definition) is 0. The second-order valence-corrected chi connectivity index (χ2v) is 8.19. The summed E-state index contributed by atoms with van der Waals surface area (Å²) in [5.74, 6) is -0.137. The van der Waals surface area contributed by atoms with Gasteiger partial charge < -0.3 is 4.90 Å². The van der Waals surface area contributed by atoms with Crippen LogP contribution in [0.4, 0.5) is 0 Å². The third-order valence-corrected chi connectivity index (χ3v) is 5.86. The smallest absolute Gasteiger partial charge is 0.259 e. The predicted octanol–water partition coefficient (Wildman–Crippen LogP) is 4.47.